The topological polar surface area (TPSA) is 126 Å². The molecule has 0 unspecified atom stereocenters. The number of carbonyl (C=O) groups is 1. The molecule has 0 spiro atoms. The maximum Gasteiger partial charge on any atom is 0.338 e. The number of esters is 1. The van der Waals surface area contributed by atoms with Crippen molar-refractivity contribution in [1.29, 1.82) is 0 Å². The molecular weight excluding hydrogens is 662 g/mol. The zero-order valence-corrected chi connectivity index (χ0v) is 26.4. The van der Waals surface area contributed by atoms with Crippen LogP contribution < -0.4 is 19.6 Å². The third kappa shape index (κ3) is 5.95. The van der Waals surface area contributed by atoms with Crippen LogP contribution in [0.5, 0.6) is 5.75 Å². The summed E-state index contributed by atoms with van der Waals surface area (Å²) in [6.07, 6.45) is 2.76. The van der Waals surface area contributed by atoms with Crippen LogP contribution >= 0.6 is 38.9 Å². The number of thiazole rings is 1. The minimum absolute atomic E-state index is 0.154. The van der Waals surface area contributed by atoms with Gasteiger partial charge in [-0.3, -0.25) is 19.5 Å². The van der Waals surface area contributed by atoms with Gasteiger partial charge < -0.3 is 13.9 Å². The van der Waals surface area contributed by atoms with Gasteiger partial charge in [0.05, 0.1) is 40.0 Å². The molecule has 10 nitrogen and oxygen atoms in total. The molecule has 0 saturated carbocycles. The van der Waals surface area contributed by atoms with Crippen molar-refractivity contribution < 1.29 is 23.6 Å². The van der Waals surface area contributed by atoms with Gasteiger partial charge in [0.2, 0.25) is 0 Å². The second kappa shape index (κ2) is 12.7. The first-order valence-corrected chi connectivity index (χ1v) is 15.2. The summed E-state index contributed by atoms with van der Waals surface area (Å²) in [5, 5.41) is 11.8. The Morgan fingerprint density at radius 3 is 2.72 bits per heavy atom. The van der Waals surface area contributed by atoms with Crippen LogP contribution in [0.15, 0.2) is 78.5 Å². The molecule has 0 fully saturated rings. The molecule has 1 aliphatic rings. The van der Waals surface area contributed by atoms with Gasteiger partial charge in [0, 0.05) is 27.2 Å². The van der Waals surface area contributed by atoms with E-state index in [1.165, 1.54) is 29.9 Å². The summed E-state index contributed by atoms with van der Waals surface area (Å²) in [7, 11) is 1.52. The molecule has 4 aromatic rings. The first-order valence-electron chi connectivity index (χ1n) is 13.3. The van der Waals surface area contributed by atoms with Gasteiger partial charge in [0.15, 0.2) is 4.80 Å². The van der Waals surface area contributed by atoms with E-state index in [4.69, 9.17) is 30.5 Å². The van der Waals surface area contributed by atoms with Gasteiger partial charge in [-0.25, -0.2) is 9.79 Å². The zero-order chi connectivity index (χ0) is 30.8. The summed E-state index contributed by atoms with van der Waals surface area (Å²) < 4.78 is 19.5. The fraction of sp³-hybridized carbons (Fsp3) is 0.233. The van der Waals surface area contributed by atoms with Gasteiger partial charge in [-0.1, -0.05) is 52.2 Å². The molecule has 2 aromatic heterocycles. The van der Waals surface area contributed by atoms with E-state index in [2.05, 4.69) is 15.9 Å². The fourth-order valence-electron chi connectivity index (χ4n) is 4.90. The third-order valence-corrected chi connectivity index (χ3v) is 8.41. The summed E-state index contributed by atoms with van der Waals surface area (Å²) in [6.45, 7) is 3.86. The van der Waals surface area contributed by atoms with Gasteiger partial charge in [-0.15, -0.1) is 0 Å². The Labute approximate surface area is 262 Å². The minimum Gasteiger partial charge on any atom is -0.496 e. The lowest BCUT2D eigenvalue weighted by molar-refractivity contribution is -0.384. The van der Waals surface area contributed by atoms with E-state index in [0.717, 1.165) is 15.8 Å². The van der Waals surface area contributed by atoms with E-state index in [9.17, 15) is 19.7 Å². The number of allylic oxidation sites excluding steroid dienone is 1. The van der Waals surface area contributed by atoms with Crippen molar-refractivity contribution in [3.05, 3.63) is 110 Å². The molecule has 1 aliphatic heterocycles. The number of nitro groups is 1. The van der Waals surface area contributed by atoms with Crippen molar-refractivity contribution >= 4 is 56.6 Å². The molecule has 0 saturated heterocycles. The zero-order valence-electron chi connectivity index (χ0n) is 23.3. The number of fused-ring (bicyclic) bond motifs is 1. The summed E-state index contributed by atoms with van der Waals surface area (Å²) >= 11 is 10.6. The van der Waals surface area contributed by atoms with Crippen LogP contribution in [0, 0.1) is 10.1 Å². The van der Waals surface area contributed by atoms with Crippen molar-refractivity contribution in [2.24, 2.45) is 4.99 Å². The number of hydrogen-bond acceptors (Lipinski definition) is 9. The maximum atomic E-state index is 14.0. The van der Waals surface area contributed by atoms with E-state index in [1.807, 2.05) is 19.1 Å². The fourth-order valence-corrected chi connectivity index (χ4v) is 6.45. The number of halogens is 2. The van der Waals surface area contributed by atoms with Gasteiger partial charge in [0.1, 0.15) is 23.3 Å². The highest BCUT2D eigenvalue weighted by Crippen LogP contribution is 2.38. The van der Waals surface area contributed by atoms with Gasteiger partial charge in [-0.05, 0) is 55.8 Å². The summed E-state index contributed by atoms with van der Waals surface area (Å²) in [6, 6.07) is 12.0. The SMILES string of the molecule is CCCC1=C(C(=O)OCC)[C@@H](c2cc(Br)ccc2OC)n2c(s/c(=C/c3ccc(-c4ccc(Cl)cc4[N+](=O)[O-])o3)c2=O)=N1. The third-order valence-electron chi connectivity index (χ3n) is 6.70. The van der Waals surface area contributed by atoms with Crippen LogP contribution in [0.3, 0.4) is 0 Å². The highest BCUT2D eigenvalue weighted by molar-refractivity contribution is 9.10. The lowest BCUT2D eigenvalue weighted by atomic mass is 9.93. The van der Waals surface area contributed by atoms with E-state index in [0.29, 0.717) is 44.9 Å². The lowest BCUT2D eigenvalue weighted by Gasteiger charge is -2.27. The Morgan fingerprint density at radius 2 is 2.02 bits per heavy atom. The average Bonchev–Trinajstić information content (AvgIpc) is 3.56. The molecule has 0 bridgehead atoms. The average molecular weight is 687 g/mol. The predicted octanol–water partition coefficient (Wildman–Crippen LogP) is 6.17. The van der Waals surface area contributed by atoms with Crippen molar-refractivity contribution in [2.45, 2.75) is 32.7 Å². The smallest absolute Gasteiger partial charge is 0.338 e. The monoisotopic (exact) mass is 685 g/mol. The minimum atomic E-state index is -0.865. The van der Waals surface area contributed by atoms with Crippen LogP contribution in [0.4, 0.5) is 5.69 Å². The molecule has 0 aliphatic carbocycles. The lowest BCUT2D eigenvalue weighted by Crippen LogP contribution is -2.40. The van der Waals surface area contributed by atoms with Crippen molar-refractivity contribution in [1.82, 2.24) is 4.57 Å². The molecular formula is C30H25BrClN3O7S. The van der Waals surface area contributed by atoms with Crippen molar-refractivity contribution in [3.8, 4) is 17.1 Å². The Balaban J connectivity index is 1.71. The van der Waals surface area contributed by atoms with Crippen LogP contribution in [-0.4, -0.2) is 29.2 Å². The molecule has 0 N–H and O–H groups in total. The summed E-state index contributed by atoms with van der Waals surface area (Å²) in [4.78, 5) is 43.7. The Hall–Kier alpha value is -4.00. The van der Waals surface area contributed by atoms with Crippen LogP contribution in [0.1, 0.15) is 44.1 Å². The highest BCUT2D eigenvalue weighted by atomic mass is 79.9. The van der Waals surface area contributed by atoms with E-state index in [-0.39, 0.29) is 34.2 Å². The summed E-state index contributed by atoms with van der Waals surface area (Å²) in [5.41, 5.74) is 1.05. The molecule has 13 heteroatoms. The number of aromatic nitrogens is 1. The number of nitrogens with zero attached hydrogens (tertiary/aromatic N) is 3. The van der Waals surface area contributed by atoms with Crippen LogP contribution in [-0.2, 0) is 9.53 Å². The number of furan rings is 1. The molecule has 222 valence electrons. The number of rotatable bonds is 9. The summed E-state index contributed by atoms with van der Waals surface area (Å²) in [5.74, 6) is 0.479. The number of benzene rings is 2. The standard InChI is InChI=1S/C30H25BrClN3O7S/c1-4-6-21-26(29(37)41-5-2)27(20-13-16(31)7-11-23(20)40-3)34-28(36)25(43-30(34)33-21)15-18-9-12-24(42-18)19-10-8-17(32)14-22(19)35(38)39/h7-15,27H,4-6H2,1-3H3/b25-15+/t27-/m1/s1. The maximum absolute atomic E-state index is 14.0. The van der Waals surface area contributed by atoms with Crippen molar-refractivity contribution in [3.63, 3.8) is 0 Å². The van der Waals surface area contributed by atoms with Crippen molar-refractivity contribution in [2.75, 3.05) is 13.7 Å². The van der Waals surface area contributed by atoms with Gasteiger partial charge >= 0.3 is 5.97 Å². The molecule has 43 heavy (non-hydrogen) atoms. The second-order valence-corrected chi connectivity index (χ2v) is 11.8. The normalized spacial score (nSPS) is 14.8. The molecule has 0 amide bonds. The first kappa shape index (κ1) is 30.5. The second-order valence-electron chi connectivity index (χ2n) is 9.42. The Bertz CT molecular complexity index is 1960. The Kier molecular flexibility index (Phi) is 9.00. The number of nitro benzene ring substituents is 1. The van der Waals surface area contributed by atoms with E-state index in [1.54, 1.807) is 31.2 Å². The predicted molar refractivity (Wildman–Crippen MR) is 166 cm³/mol. The molecule has 1 atom stereocenters. The number of ether oxygens (including phenoxy) is 2. The van der Waals surface area contributed by atoms with Gasteiger partial charge in [0.25, 0.3) is 11.2 Å². The molecule has 5 rings (SSSR count). The molecule has 3 heterocycles. The molecule has 0 radical (unpaired) electrons. The first-order chi connectivity index (χ1) is 20.7. The van der Waals surface area contributed by atoms with Crippen LogP contribution in [0.2, 0.25) is 5.02 Å². The van der Waals surface area contributed by atoms with Gasteiger partial charge in [-0.2, -0.15) is 0 Å². The molecule has 2 aromatic carbocycles. The highest BCUT2D eigenvalue weighted by Gasteiger charge is 2.36. The largest absolute Gasteiger partial charge is 0.496 e. The number of hydrogen-bond donors (Lipinski definition) is 0. The van der Waals surface area contributed by atoms with Crippen LogP contribution in [0.25, 0.3) is 17.4 Å². The van der Waals surface area contributed by atoms with E-state index < -0.39 is 22.5 Å². The number of methoxy groups -OCH3 is 1. The number of carbonyl (C=O) groups excluding carboxylic acids is 1. The quantitative estimate of drug-likeness (QED) is 0.117. The Morgan fingerprint density at radius 1 is 1.23 bits per heavy atom. The van der Waals surface area contributed by atoms with E-state index >= 15 is 0 Å².